The topological polar surface area (TPSA) is 33.1 Å². The molecule has 0 saturated heterocycles. The number of aliphatic hydroxyl groups is 1. The first-order valence-electron chi connectivity index (χ1n) is 6.03. The maximum atomic E-state index is 10.5. The number of nitrogens with zero attached hydrogens (tertiary/aromatic N) is 1. The van der Waals surface area contributed by atoms with Crippen LogP contribution in [0.4, 0.5) is 0 Å². The Morgan fingerprint density at radius 3 is 2.58 bits per heavy atom. The van der Waals surface area contributed by atoms with E-state index in [2.05, 4.69) is 27.6 Å². The molecule has 19 heavy (non-hydrogen) atoms. The van der Waals surface area contributed by atoms with Gasteiger partial charge in [-0.1, -0.05) is 36.4 Å². The predicted molar refractivity (Wildman–Crippen MR) is 85.0 cm³/mol. The van der Waals surface area contributed by atoms with Crippen LogP contribution < -0.4 is 0 Å². The normalized spacial score (nSPS) is 12.5. The molecule has 0 amide bonds. The second-order valence-electron chi connectivity index (χ2n) is 4.39. The molecule has 0 aliphatic carbocycles. The Morgan fingerprint density at radius 2 is 1.74 bits per heavy atom. The number of rotatable bonds is 2. The highest BCUT2D eigenvalue weighted by Gasteiger charge is 2.13. The third-order valence-corrected chi connectivity index (χ3v) is 4.11. The summed E-state index contributed by atoms with van der Waals surface area (Å²) in [4.78, 5) is 4.39. The molecule has 1 heterocycles. The molecule has 1 unspecified atom stereocenters. The van der Waals surface area contributed by atoms with E-state index in [0.29, 0.717) is 0 Å². The van der Waals surface area contributed by atoms with Crippen LogP contribution in [0.3, 0.4) is 0 Å². The van der Waals surface area contributed by atoms with E-state index < -0.39 is 6.10 Å². The van der Waals surface area contributed by atoms with E-state index >= 15 is 0 Å². The van der Waals surface area contributed by atoms with Crippen LogP contribution in [0.2, 0.25) is 0 Å². The standard InChI is InChI=1S/C16H12INO/c17-14-7-3-2-6-13(14)16(19)12-9-11-5-1-4-8-15(11)18-10-12/h1-10,16,19H. The van der Waals surface area contributed by atoms with Gasteiger partial charge in [0.05, 0.1) is 5.52 Å². The van der Waals surface area contributed by atoms with E-state index in [1.165, 1.54) is 0 Å². The van der Waals surface area contributed by atoms with E-state index in [-0.39, 0.29) is 0 Å². The number of aliphatic hydroxyl groups excluding tert-OH is 1. The molecule has 0 bridgehead atoms. The summed E-state index contributed by atoms with van der Waals surface area (Å²) in [6.45, 7) is 0. The third-order valence-electron chi connectivity index (χ3n) is 3.13. The Bertz CT molecular complexity index is 727. The molecule has 0 fully saturated rings. The molecule has 1 atom stereocenters. The zero-order valence-electron chi connectivity index (χ0n) is 10.1. The number of pyridine rings is 1. The van der Waals surface area contributed by atoms with Gasteiger partial charge in [-0.25, -0.2) is 0 Å². The van der Waals surface area contributed by atoms with Gasteiger partial charge in [0.25, 0.3) is 0 Å². The molecule has 2 aromatic carbocycles. The Kier molecular flexibility index (Phi) is 3.48. The Balaban J connectivity index is 2.07. The summed E-state index contributed by atoms with van der Waals surface area (Å²) in [6.07, 6.45) is 1.11. The Morgan fingerprint density at radius 1 is 1.00 bits per heavy atom. The van der Waals surface area contributed by atoms with E-state index in [0.717, 1.165) is 25.6 Å². The summed E-state index contributed by atoms with van der Waals surface area (Å²) in [6, 6.07) is 17.8. The molecule has 0 saturated carbocycles. The fraction of sp³-hybridized carbons (Fsp3) is 0.0625. The van der Waals surface area contributed by atoms with E-state index in [9.17, 15) is 5.11 Å². The molecular formula is C16H12INO. The summed E-state index contributed by atoms with van der Waals surface area (Å²) in [5.41, 5.74) is 2.68. The van der Waals surface area contributed by atoms with Gasteiger partial charge in [0.2, 0.25) is 0 Å². The van der Waals surface area contributed by atoms with E-state index in [4.69, 9.17) is 0 Å². The van der Waals surface area contributed by atoms with Gasteiger partial charge in [0.1, 0.15) is 6.10 Å². The summed E-state index contributed by atoms with van der Waals surface area (Å²) in [5.74, 6) is 0. The second kappa shape index (κ2) is 5.27. The minimum Gasteiger partial charge on any atom is -0.384 e. The van der Waals surface area contributed by atoms with Crippen LogP contribution in [0.1, 0.15) is 17.2 Å². The fourth-order valence-corrected chi connectivity index (χ4v) is 2.80. The monoisotopic (exact) mass is 361 g/mol. The molecule has 2 nitrogen and oxygen atoms in total. The number of para-hydroxylation sites is 1. The first kappa shape index (κ1) is 12.6. The van der Waals surface area contributed by atoms with E-state index in [1.54, 1.807) is 6.20 Å². The van der Waals surface area contributed by atoms with Crippen molar-refractivity contribution in [3.05, 3.63) is 75.5 Å². The highest BCUT2D eigenvalue weighted by atomic mass is 127. The summed E-state index contributed by atoms with van der Waals surface area (Å²) in [7, 11) is 0. The number of halogens is 1. The van der Waals surface area contributed by atoms with Gasteiger partial charge in [-0.05, 0) is 46.4 Å². The zero-order valence-corrected chi connectivity index (χ0v) is 12.3. The van der Waals surface area contributed by atoms with Crippen molar-refractivity contribution < 1.29 is 5.11 Å². The maximum absolute atomic E-state index is 10.5. The molecule has 1 N–H and O–H groups in total. The van der Waals surface area contributed by atoms with Gasteiger partial charge in [-0.3, -0.25) is 4.98 Å². The minimum absolute atomic E-state index is 0.634. The number of fused-ring (bicyclic) bond motifs is 1. The third kappa shape index (κ3) is 2.48. The number of hydrogen-bond acceptors (Lipinski definition) is 2. The van der Waals surface area contributed by atoms with Crippen LogP contribution in [0.5, 0.6) is 0 Å². The molecule has 3 heteroatoms. The van der Waals surface area contributed by atoms with Gasteiger partial charge in [0.15, 0.2) is 0 Å². The van der Waals surface area contributed by atoms with Crippen molar-refractivity contribution in [2.75, 3.05) is 0 Å². The fourth-order valence-electron chi connectivity index (χ4n) is 2.11. The molecular weight excluding hydrogens is 349 g/mol. The first-order chi connectivity index (χ1) is 9.25. The molecule has 1 aromatic heterocycles. The van der Waals surface area contributed by atoms with Crippen molar-refractivity contribution in [1.82, 2.24) is 4.98 Å². The highest BCUT2D eigenvalue weighted by molar-refractivity contribution is 14.1. The first-order valence-corrected chi connectivity index (χ1v) is 7.11. The van der Waals surface area contributed by atoms with Gasteiger partial charge >= 0.3 is 0 Å². The van der Waals surface area contributed by atoms with Crippen LogP contribution in [0.25, 0.3) is 10.9 Å². The zero-order chi connectivity index (χ0) is 13.2. The van der Waals surface area contributed by atoms with Crippen molar-refractivity contribution in [1.29, 1.82) is 0 Å². The summed E-state index contributed by atoms with van der Waals surface area (Å²) >= 11 is 2.24. The summed E-state index contributed by atoms with van der Waals surface area (Å²) < 4.78 is 1.06. The molecule has 94 valence electrons. The predicted octanol–water partition coefficient (Wildman–Crippen LogP) is 3.92. The Hall–Kier alpha value is -1.46. The van der Waals surface area contributed by atoms with Crippen LogP contribution >= 0.6 is 22.6 Å². The number of benzene rings is 2. The largest absolute Gasteiger partial charge is 0.384 e. The van der Waals surface area contributed by atoms with Gasteiger partial charge in [-0.2, -0.15) is 0 Å². The average Bonchev–Trinajstić information content (AvgIpc) is 2.46. The van der Waals surface area contributed by atoms with Crippen LogP contribution in [0.15, 0.2) is 60.8 Å². The molecule has 0 radical (unpaired) electrons. The molecule has 0 spiro atoms. The molecule has 0 aliphatic heterocycles. The summed E-state index contributed by atoms with van der Waals surface area (Å²) in [5, 5.41) is 11.5. The highest BCUT2D eigenvalue weighted by Crippen LogP contribution is 2.27. The smallest absolute Gasteiger partial charge is 0.107 e. The van der Waals surface area contributed by atoms with Crippen molar-refractivity contribution >= 4 is 33.5 Å². The Labute approximate surface area is 125 Å². The van der Waals surface area contributed by atoms with Crippen molar-refractivity contribution in [2.24, 2.45) is 0 Å². The maximum Gasteiger partial charge on any atom is 0.107 e. The lowest BCUT2D eigenvalue weighted by molar-refractivity contribution is 0.219. The van der Waals surface area contributed by atoms with Gasteiger partial charge in [0, 0.05) is 20.7 Å². The van der Waals surface area contributed by atoms with Crippen LogP contribution in [-0.2, 0) is 0 Å². The van der Waals surface area contributed by atoms with Crippen LogP contribution in [-0.4, -0.2) is 10.1 Å². The lowest BCUT2D eigenvalue weighted by atomic mass is 10.0. The van der Waals surface area contributed by atoms with E-state index in [1.807, 2.05) is 54.6 Å². The lowest BCUT2D eigenvalue weighted by Gasteiger charge is -2.13. The lowest BCUT2D eigenvalue weighted by Crippen LogP contribution is -2.02. The van der Waals surface area contributed by atoms with Gasteiger partial charge < -0.3 is 5.11 Å². The number of aromatic nitrogens is 1. The van der Waals surface area contributed by atoms with Crippen LogP contribution in [0, 0.1) is 3.57 Å². The molecule has 3 rings (SSSR count). The van der Waals surface area contributed by atoms with Crippen molar-refractivity contribution in [3.63, 3.8) is 0 Å². The SMILES string of the molecule is OC(c1cnc2ccccc2c1)c1ccccc1I. The van der Waals surface area contributed by atoms with Crippen molar-refractivity contribution in [2.45, 2.75) is 6.10 Å². The van der Waals surface area contributed by atoms with Gasteiger partial charge in [-0.15, -0.1) is 0 Å². The second-order valence-corrected chi connectivity index (χ2v) is 5.55. The molecule has 3 aromatic rings. The average molecular weight is 361 g/mol. The number of hydrogen-bond donors (Lipinski definition) is 1. The minimum atomic E-state index is -0.634. The molecule has 0 aliphatic rings. The quantitative estimate of drug-likeness (QED) is 0.702. The van der Waals surface area contributed by atoms with Crippen molar-refractivity contribution in [3.8, 4) is 0 Å².